The van der Waals surface area contributed by atoms with E-state index in [1.807, 2.05) is 0 Å². The molecule has 78 valence electrons. The molecule has 0 radical (unpaired) electrons. The van der Waals surface area contributed by atoms with Gasteiger partial charge in [-0.05, 0) is 0 Å². The summed E-state index contributed by atoms with van der Waals surface area (Å²) in [5.41, 5.74) is 0. The van der Waals surface area contributed by atoms with Crippen molar-refractivity contribution in [2.24, 2.45) is 0 Å². The summed E-state index contributed by atoms with van der Waals surface area (Å²) >= 11 is 0. The number of hydrogen-bond acceptors (Lipinski definition) is 3. The highest BCUT2D eigenvalue weighted by atomic mass is 16.4. The zero-order valence-electron chi connectivity index (χ0n) is 8.92. The second kappa shape index (κ2) is 7.73. The molecule has 0 unspecified atom stereocenters. The molecular formula is C9H19NO3. The van der Waals surface area contributed by atoms with Crippen LogP contribution in [0, 0.1) is 0 Å². The molecule has 4 heteroatoms. The van der Waals surface area contributed by atoms with Gasteiger partial charge in [0.15, 0.2) is 0 Å². The van der Waals surface area contributed by atoms with E-state index in [1.165, 1.54) is 0 Å². The Labute approximate surface area is 79.3 Å². The van der Waals surface area contributed by atoms with Gasteiger partial charge in [0, 0.05) is 19.0 Å². The Bertz CT molecular complexity index is 146. The zero-order valence-corrected chi connectivity index (χ0v) is 8.92. The third-order valence-corrected chi connectivity index (χ3v) is 0.968. The first-order chi connectivity index (χ1) is 5.77. The molecule has 0 aromatic rings. The van der Waals surface area contributed by atoms with Crippen molar-refractivity contribution in [3.63, 3.8) is 0 Å². The van der Waals surface area contributed by atoms with Crippen molar-refractivity contribution < 1.29 is 14.7 Å². The van der Waals surface area contributed by atoms with E-state index in [2.05, 4.69) is 33.0 Å². The molecule has 0 bridgehead atoms. The summed E-state index contributed by atoms with van der Waals surface area (Å²) in [6.45, 7) is 9.61. The summed E-state index contributed by atoms with van der Waals surface area (Å²) < 4.78 is 0. The lowest BCUT2D eigenvalue weighted by atomic mass is 10.3. The van der Waals surface area contributed by atoms with E-state index in [0.717, 1.165) is 6.92 Å². The van der Waals surface area contributed by atoms with Crippen LogP contribution in [0.5, 0.6) is 0 Å². The standard InChI is InChI=1S/C6H15N.C3H4O3/c1-5(2)7-6(3)4;1-2(4)3(5)6/h5-7H,1-4H3;1H3,(H,5,6). The van der Waals surface area contributed by atoms with E-state index in [9.17, 15) is 9.59 Å². The van der Waals surface area contributed by atoms with E-state index in [-0.39, 0.29) is 0 Å². The highest BCUT2D eigenvalue weighted by molar-refractivity contribution is 6.31. The SMILES string of the molecule is CC(=O)C(=O)O.CC(C)NC(C)C. The lowest BCUT2D eigenvalue weighted by Crippen LogP contribution is -2.29. The van der Waals surface area contributed by atoms with Gasteiger partial charge in [-0.1, -0.05) is 27.7 Å². The largest absolute Gasteiger partial charge is 0.476 e. The number of Topliss-reactive ketones (excluding diaryl/α,β-unsaturated/α-hetero) is 1. The summed E-state index contributed by atoms with van der Waals surface area (Å²) in [7, 11) is 0. The molecule has 0 aliphatic heterocycles. The van der Waals surface area contributed by atoms with E-state index >= 15 is 0 Å². The van der Waals surface area contributed by atoms with Crippen molar-refractivity contribution in [2.75, 3.05) is 0 Å². The van der Waals surface area contributed by atoms with Crippen molar-refractivity contribution in [3.8, 4) is 0 Å². The van der Waals surface area contributed by atoms with Gasteiger partial charge in [-0.2, -0.15) is 0 Å². The first kappa shape index (κ1) is 14.6. The topological polar surface area (TPSA) is 66.4 Å². The second-order valence-corrected chi connectivity index (χ2v) is 3.34. The summed E-state index contributed by atoms with van der Waals surface area (Å²) in [6, 6.07) is 1.25. The predicted octanol–water partition coefficient (Wildman–Crippen LogP) is 1.05. The molecule has 0 saturated carbocycles. The van der Waals surface area contributed by atoms with Crippen molar-refractivity contribution in [2.45, 2.75) is 46.7 Å². The summed E-state index contributed by atoms with van der Waals surface area (Å²) in [5.74, 6) is -2.20. The first-order valence-electron chi connectivity index (χ1n) is 4.27. The van der Waals surface area contributed by atoms with Crippen LogP contribution in [-0.4, -0.2) is 28.9 Å². The normalized spacial score (nSPS) is 9.46. The molecular weight excluding hydrogens is 170 g/mol. The zero-order chi connectivity index (χ0) is 11.0. The molecule has 13 heavy (non-hydrogen) atoms. The summed E-state index contributed by atoms with van der Waals surface area (Å²) in [6.07, 6.45) is 0. The quantitative estimate of drug-likeness (QED) is 0.651. The van der Waals surface area contributed by atoms with Gasteiger partial charge in [-0.25, -0.2) is 4.79 Å². The lowest BCUT2D eigenvalue weighted by molar-refractivity contribution is -0.148. The number of aliphatic carboxylic acids is 1. The van der Waals surface area contributed by atoms with E-state index in [1.54, 1.807) is 0 Å². The van der Waals surface area contributed by atoms with Crippen molar-refractivity contribution in [1.82, 2.24) is 5.32 Å². The maximum absolute atomic E-state index is 9.54. The van der Waals surface area contributed by atoms with E-state index in [0.29, 0.717) is 12.1 Å². The average Bonchev–Trinajstić information content (AvgIpc) is 1.84. The molecule has 0 amide bonds. The highest BCUT2D eigenvalue weighted by Gasteiger charge is 1.99. The lowest BCUT2D eigenvalue weighted by Gasteiger charge is -2.10. The first-order valence-corrected chi connectivity index (χ1v) is 4.27. The molecule has 0 fully saturated rings. The monoisotopic (exact) mass is 189 g/mol. The smallest absolute Gasteiger partial charge is 0.371 e. The molecule has 0 rings (SSSR count). The van der Waals surface area contributed by atoms with Crippen LogP contribution in [0.25, 0.3) is 0 Å². The fourth-order valence-electron chi connectivity index (χ4n) is 0.667. The fraction of sp³-hybridized carbons (Fsp3) is 0.778. The second-order valence-electron chi connectivity index (χ2n) is 3.34. The van der Waals surface area contributed by atoms with Gasteiger partial charge < -0.3 is 10.4 Å². The number of ketones is 1. The van der Waals surface area contributed by atoms with Crippen molar-refractivity contribution in [1.29, 1.82) is 0 Å². The van der Waals surface area contributed by atoms with Crippen LogP contribution in [0.2, 0.25) is 0 Å². The molecule has 0 aliphatic carbocycles. The minimum atomic E-state index is -1.38. The Morgan fingerprint density at radius 1 is 1.08 bits per heavy atom. The minimum Gasteiger partial charge on any atom is -0.476 e. The maximum atomic E-state index is 9.54. The third-order valence-electron chi connectivity index (χ3n) is 0.968. The number of carboxylic acids is 1. The van der Waals surface area contributed by atoms with Crippen LogP contribution in [0.4, 0.5) is 0 Å². The van der Waals surface area contributed by atoms with Gasteiger partial charge in [-0.15, -0.1) is 0 Å². The Balaban J connectivity index is 0. The molecule has 0 aliphatic rings. The summed E-state index contributed by atoms with van der Waals surface area (Å²) in [4.78, 5) is 18.9. The molecule has 4 nitrogen and oxygen atoms in total. The number of carboxylic acid groups (broad SMARTS) is 1. The molecule has 0 atom stereocenters. The van der Waals surface area contributed by atoms with Gasteiger partial charge in [-0.3, -0.25) is 4.79 Å². The molecule has 2 N–H and O–H groups in total. The van der Waals surface area contributed by atoms with Gasteiger partial charge in [0.05, 0.1) is 0 Å². The average molecular weight is 189 g/mol. The number of hydrogen-bond donors (Lipinski definition) is 2. The highest BCUT2D eigenvalue weighted by Crippen LogP contribution is 1.80. The van der Waals surface area contributed by atoms with Crippen LogP contribution in [0.1, 0.15) is 34.6 Å². The number of nitrogens with one attached hydrogen (secondary N) is 1. The molecule has 0 aromatic heterocycles. The number of rotatable bonds is 3. The predicted molar refractivity (Wildman–Crippen MR) is 51.7 cm³/mol. The Kier molecular flexibility index (Phi) is 8.69. The third kappa shape index (κ3) is 18.2. The minimum absolute atomic E-state index is 0.625. The van der Waals surface area contributed by atoms with Crippen LogP contribution in [-0.2, 0) is 9.59 Å². The summed E-state index contributed by atoms with van der Waals surface area (Å²) in [5, 5.41) is 10.9. The van der Waals surface area contributed by atoms with E-state index in [4.69, 9.17) is 5.11 Å². The molecule has 0 spiro atoms. The van der Waals surface area contributed by atoms with E-state index < -0.39 is 11.8 Å². The Hall–Kier alpha value is -0.900. The number of carbonyl (C=O) groups is 2. The number of carbonyl (C=O) groups excluding carboxylic acids is 1. The van der Waals surface area contributed by atoms with Crippen molar-refractivity contribution in [3.05, 3.63) is 0 Å². The van der Waals surface area contributed by atoms with Gasteiger partial charge >= 0.3 is 5.97 Å². The maximum Gasteiger partial charge on any atom is 0.371 e. The molecule has 0 heterocycles. The fourth-order valence-corrected chi connectivity index (χ4v) is 0.667. The van der Waals surface area contributed by atoms with Crippen molar-refractivity contribution >= 4 is 11.8 Å². The van der Waals surface area contributed by atoms with Crippen LogP contribution in [0.15, 0.2) is 0 Å². The molecule has 0 aromatic carbocycles. The van der Waals surface area contributed by atoms with Gasteiger partial charge in [0.25, 0.3) is 0 Å². The van der Waals surface area contributed by atoms with Gasteiger partial charge in [0.2, 0.25) is 5.78 Å². The Morgan fingerprint density at radius 3 is 1.31 bits per heavy atom. The van der Waals surface area contributed by atoms with Crippen LogP contribution in [0.3, 0.4) is 0 Å². The van der Waals surface area contributed by atoms with Gasteiger partial charge in [0.1, 0.15) is 0 Å². The molecule has 0 saturated heterocycles. The Morgan fingerprint density at radius 2 is 1.31 bits per heavy atom. The van der Waals surface area contributed by atoms with Crippen LogP contribution >= 0.6 is 0 Å². The van der Waals surface area contributed by atoms with Crippen LogP contribution < -0.4 is 5.32 Å².